The van der Waals surface area contributed by atoms with Gasteiger partial charge in [0.05, 0.1) is 39.1 Å². The van der Waals surface area contributed by atoms with E-state index in [4.69, 9.17) is 23.7 Å². The summed E-state index contributed by atoms with van der Waals surface area (Å²) in [6, 6.07) is 8.86. The quantitative estimate of drug-likeness (QED) is 0.117. The van der Waals surface area contributed by atoms with Crippen LogP contribution in [0.4, 0.5) is 0 Å². The second-order valence-corrected chi connectivity index (χ2v) is 8.65. The van der Waals surface area contributed by atoms with Gasteiger partial charge in [0.25, 0.3) is 0 Å². The molecule has 0 saturated heterocycles. The Kier molecular flexibility index (Phi) is 17.8. The third-order valence-corrected chi connectivity index (χ3v) is 4.91. The minimum absolute atomic E-state index is 0.108. The monoisotopic (exact) mass is 507 g/mol. The van der Waals surface area contributed by atoms with E-state index in [0.29, 0.717) is 52.3 Å². The lowest BCUT2D eigenvalue weighted by Crippen LogP contribution is -2.39. The molecule has 0 aliphatic heterocycles. The lowest BCUT2D eigenvalue weighted by atomic mass is 10.0. The van der Waals surface area contributed by atoms with Gasteiger partial charge in [0.2, 0.25) is 6.41 Å². The molecule has 1 amide bonds. The summed E-state index contributed by atoms with van der Waals surface area (Å²) in [6.45, 7) is 7.92. The van der Waals surface area contributed by atoms with Gasteiger partial charge in [-0.05, 0) is 37.7 Å². The molecule has 1 rings (SSSR count). The van der Waals surface area contributed by atoms with Crippen molar-refractivity contribution in [3.63, 3.8) is 0 Å². The standard InChI is InChI=1S/C27H41NO8/c1-22(2)18-25(28-21-29)27(31)36-23(3)10-6-5-9-13-32-14-15-33-16-17-34-20-26(30)35-19-24-11-7-4-8-12-24/h4-5,7-9,11-12,21-23,25H,6,10,13-20H2,1-3H3,(H,28,29)/b9-5+/t23-,25+/m1/s1. The van der Waals surface area contributed by atoms with Crippen LogP contribution in [0, 0.1) is 5.92 Å². The van der Waals surface area contributed by atoms with Crippen LogP contribution in [-0.2, 0) is 44.7 Å². The number of ether oxygens (including phenoxy) is 5. The van der Waals surface area contributed by atoms with Crippen molar-refractivity contribution in [3.8, 4) is 0 Å². The van der Waals surface area contributed by atoms with Gasteiger partial charge in [0.1, 0.15) is 19.3 Å². The largest absolute Gasteiger partial charge is 0.461 e. The summed E-state index contributed by atoms with van der Waals surface area (Å²) < 4.78 is 26.7. The van der Waals surface area contributed by atoms with Crippen LogP contribution < -0.4 is 5.32 Å². The Morgan fingerprint density at radius 2 is 1.64 bits per heavy atom. The minimum atomic E-state index is -0.607. The number of carbonyl (C=O) groups is 3. The highest BCUT2D eigenvalue weighted by atomic mass is 16.6. The van der Waals surface area contributed by atoms with E-state index in [1.807, 2.05) is 63.3 Å². The summed E-state index contributed by atoms with van der Waals surface area (Å²) in [5.74, 6) is -0.538. The van der Waals surface area contributed by atoms with Crippen molar-refractivity contribution in [2.45, 2.75) is 58.8 Å². The van der Waals surface area contributed by atoms with Gasteiger partial charge < -0.3 is 29.0 Å². The topological polar surface area (TPSA) is 109 Å². The van der Waals surface area contributed by atoms with E-state index in [0.717, 1.165) is 12.0 Å². The highest BCUT2D eigenvalue weighted by Gasteiger charge is 2.22. The van der Waals surface area contributed by atoms with Crippen molar-refractivity contribution in [2.24, 2.45) is 5.92 Å². The smallest absolute Gasteiger partial charge is 0.332 e. The van der Waals surface area contributed by atoms with E-state index >= 15 is 0 Å². The summed E-state index contributed by atoms with van der Waals surface area (Å²) in [7, 11) is 0. The number of benzene rings is 1. The molecule has 2 atom stereocenters. The molecular formula is C27H41NO8. The SMILES string of the molecule is CC(C)C[C@H](NC=O)C(=O)O[C@H](C)CC/C=C/COCCOCCOCC(=O)OCc1ccccc1. The molecule has 0 unspecified atom stereocenters. The lowest BCUT2D eigenvalue weighted by Gasteiger charge is -2.20. The van der Waals surface area contributed by atoms with Gasteiger partial charge in [-0.1, -0.05) is 56.3 Å². The number of allylic oxidation sites excluding steroid dienone is 1. The van der Waals surface area contributed by atoms with Gasteiger partial charge in [-0.3, -0.25) is 4.79 Å². The molecule has 0 aromatic heterocycles. The number of hydrogen-bond acceptors (Lipinski definition) is 8. The van der Waals surface area contributed by atoms with Crippen LogP contribution >= 0.6 is 0 Å². The van der Waals surface area contributed by atoms with Gasteiger partial charge in [0, 0.05) is 0 Å². The van der Waals surface area contributed by atoms with E-state index in [1.54, 1.807) is 0 Å². The second kappa shape index (κ2) is 20.4. The molecule has 0 fully saturated rings. The minimum Gasteiger partial charge on any atom is -0.461 e. The number of carbonyl (C=O) groups excluding carboxylic acids is 3. The van der Waals surface area contributed by atoms with Crippen molar-refractivity contribution >= 4 is 18.3 Å². The Morgan fingerprint density at radius 3 is 2.33 bits per heavy atom. The molecular weight excluding hydrogens is 466 g/mol. The molecule has 1 aromatic carbocycles. The third kappa shape index (κ3) is 16.8. The normalized spacial score (nSPS) is 12.9. The highest BCUT2D eigenvalue weighted by molar-refractivity contribution is 5.78. The summed E-state index contributed by atoms with van der Waals surface area (Å²) in [4.78, 5) is 34.5. The van der Waals surface area contributed by atoms with Crippen molar-refractivity contribution in [2.75, 3.05) is 39.6 Å². The number of rotatable bonds is 21. The van der Waals surface area contributed by atoms with Crippen molar-refractivity contribution in [1.29, 1.82) is 0 Å². The zero-order chi connectivity index (χ0) is 26.4. The molecule has 9 heteroatoms. The molecule has 202 valence electrons. The van der Waals surface area contributed by atoms with E-state index < -0.39 is 18.0 Å². The molecule has 0 heterocycles. The maximum Gasteiger partial charge on any atom is 0.332 e. The molecule has 0 radical (unpaired) electrons. The number of amides is 1. The second-order valence-electron chi connectivity index (χ2n) is 8.65. The molecule has 36 heavy (non-hydrogen) atoms. The van der Waals surface area contributed by atoms with Gasteiger partial charge >= 0.3 is 11.9 Å². The summed E-state index contributed by atoms with van der Waals surface area (Å²) in [5, 5.41) is 2.53. The van der Waals surface area contributed by atoms with E-state index in [2.05, 4.69) is 5.32 Å². The molecule has 0 bridgehead atoms. The molecule has 0 spiro atoms. The summed E-state index contributed by atoms with van der Waals surface area (Å²) >= 11 is 0. The first-order valence-electron chi connectivity index (χ1n) is 12.4. The van der Waals surface area contributed by atoms with Gasteiger partial charge in [-0.2, -0.15) is 0 Å². The maximum atomic E-state index is 12.2. The number of esters is 2. The van der Waals surface area contributed by atoms with Crippen LogP contribution in [0.1, 0.15) is 45.6 Å². The Morgan fingerprint density at radius 1 is 0.944 bits per heavy atom. The van der Waals surface area contributed by atoms with Gasteiger partial charge in [0.15, 0.2) is 0 Å². The third-order valence-electron chi connectivity index (χ3n) is 4.91. The molecule has 0 aliphatic carbocycles. The summed E-state index contributed by atoms with van der Waals surface area (Å²) in [5.41, 5.74) is 0.930. The maximum absolute atomic E-state index is 12.2. The fraction of sp³-hybridized carbons (Fsp3) is 0.593. The first-order valence-corrected chi connectivity index (χ1v) is 12.4. The Balaban J connectivity index is 1.95. The van der Waals surface area contributed by atoms with Crippen LogP contribution in [0.15, 0.2) is 42.5 Å². The van der Waals surface area contributed by atoms with Crippen molar-refractivity contribution in [3.05, 3.63) is 48.0 Å². The summed E-state index contributed by atoms with van der Waals surface area (Å²) in [6.07, 6.45) is 6.15. The molecule has 9 nitrogen and oxygen atoms in total. The first-order chi connectivity index (χ1) is 17.4. The zero-order valence-corrected chi connectivity index (χ0v) is 21.7. The molecule has 0 aliphatic rings. The van der Waals surface area contributed by atoms with Gasteiger partial charge in [-0.25, -0.2) is 9.59 Å². The Labute approximate surface area is 214 Å². The Bertz CT molecular complexity index is 753. The highest BCUT2D eigenvalue weighted by Crippen LogP contribution is 2.10. The van der Waals surface area contributed by atoms with E-state index in [9.17, 15) is 14.4 Å². The zero-order valence-electron chi connectivity index (χ0n) is 21.7. The predicted octanol–water partition coefficient (Wildman–Crippen LogP) is 3.21. The van der Waals surface area contributed by atoms with Crippen molar-refractivity contribution < 1.29 is 38.1 Å². The fourth-order valence-electron chi connectivity index (χ4n) is 3.07. The van der Waals surface area contributed by atoms with Crippen LogP contribution in [-0.4, -0.2) is 70.1 Å². The Hall–Kier alpha value is -2.75. The van der Waals surface area contributed by atoms with Crippen molar-refractivity contribution in [1.82, 2.24) is 5.32 Å². The predicted molar refractivity (Wildman–Crippen MR) is 135 cm³/mol. The molecule has 1 aromatic rings. The first kappa shape index (κ1) is 31.3. The van der Waals surface area contributed by atoms with Gasteiger partial charge in [-0.15, -0.1) is 0 Å². The average Bonchev–Trinajstić information content (AvgIpc) is 2.85. The van der Waals surface area contributed by atoms with E-state index in [1.165, 1.54) is 0 Å². The average molecular weight is 508 g/mol. The van der Waals surface area contributed by atoms with Crippen LogP contribution in [0.2, 0.25) is 0 Å². The number of hydrogen-bond donors (Lipinski definition) is 1. The van der Waals surface area contributed by atoms with Crippen LogP contribution in [0.5, 0.6) is 0 Å². The fourth-order valence-corrected chi connectivity index (χ4v) is 3.07. The van der Waals surface area contributed by atoms with E-state index in [-0.39, 0.29) is 25.2 Å². The van der Waals surface area contributed by atoms with Crippen LogP contribution in [0.25, 0.3) is 0 Å². The molecule has 1 N–H and O–H groups in total. The van der Waals surface area contributed by atoms with Crippen LogP contribution in [0.3, 0.4) is 0 Å². The molecule has 0 saturated carbocycles. The number of nitrogens with one attached hydrogen (secondary N) is 1. The lowest BCUT2D eigenvalue weighted by molar-refractivity contribution is -0.152.